The smallest absolute Gasteiger partial charge is 0.164 e. The van der Waals surface area contributed by atoms with Crippen LogP contribution in [0, 0.1) is 0 Å². The monoisotopic (exact) mass is 370 g/mol. The zero-order chi connectivity index (χ0) is 15.8. The van der Waals surface area contributed by atoms with Crippen LogP contribution in [0.1, 0.15) is 5.56 Å². The van der Waals surface area contributed by atoms with Crippen LogP contribution in [-0.2, 0) is 13.5 Å². The van der Waals surface area contributed by atoms with Crippen LogP contribution >= 0.6 is 15.9 Å². The fourth-order valence-corrected chi connectivity index (χ4v) is 3.43. The Kier molecular flexibility index (Phi) is 3.49. The molecule has 0 radical (unpaired) electrons. The van der Waals surface area contributed by atoms with E-state index in [1.54, 1.807) is 11.0 Å². The van der Waals surface area contributed by atoms with Crippen LogP contribution in [0.5, 0.6) is 0 Å². The molecule has 0 atom stereocenters. The predicted octanol–water partition coefficient (Wildman–Crippen LogP) is 3.26. The number of aryl methyl sites for hydroxylation is 1. The number of anilines is 1. The number of benzene rings is 1. The summed E-state index contributed by atoms with van der Waals surface area (Å²) >= 11 is 3.47. The van der Waals surface area contributed by atoms with Gasteiger partial charge in [0.25, 0.3) is 0 Å². The molecule has 0 unspecified atom stereocenters. The van der Waals surface area contributed by atoms with E-state index in [-0.39, 0.29) is 0 Å². The SMILES string of the molecule is Cn1nc(Br)c2c(NCCc3c[nH]c4ccccc34)ncnc21. The molecule has 7 heteroatoms. The van der Waals surface area contributed by atoms with Gasteiger partial charge in [-0.25, -0.2) is 14.6 Å². The van der Waals surface area contributed by atoms with Crippen molar-refractivity contribution in [2.24, 2.45) is 7.05 Å². The molecule has 0 aliphatic heterocycles. The maximum atomic E-state index is 4.35. The number of rotatable bonds is 4. The molecule has 116 valence electrons. The quantitative estimate of drug-likeness (QED) is 0.578. The molecule has 3 heterocycles. The van der Waals surface area contributed by atoms with Crippen LogP contribution in [0.4, 0.5) is 5.82 Å². The third-order valence-electron chi connectivity index (χ3n) is 3.94. The van der Waals surface area contributed by atoms with Gasteiger partial charge in [-0.05, 0) is 34.0 Å². The van der Waals surface area contributed by atoms with Crippen LogP contribution in [0.3, 0.4) is 0 Å². The second kappa shape index (κ2) is 5.66. The Bertz CT molecular complexity index is 987. The number of aromatic amines is 1. The van der Waals surface area contributed by atoms with Crippen LogP contribution < -0.4 is 5.32 Å². The van der Waals surface area contributed by atoms with E-state index in [2.05, 4.69) is 65.7 Å². The first-order valence-electron chi connectivity index (χ1n) is 7.36. The van der Waals surface area contributed by atoms with Gasteiger partial charge in [-0.2, -0.15) is 5.10 Å². The molecule has 3 aromatic heterocycles. The maximum absolute atomic E-state index is 4.35. The van der Waals surface area contributed by atoms with Gasteiger partial charge in [0.2, 0.25) is 0 Å². The summed E-state index contributed by atoms with van der Waals surface area (Å²) in [4.78, 5) is 11.9. The van der Waals surface area contributed by atoms with E-state index in [4.69, 9.17) is 0 Å². The van der Waals surface area contributed by atoms with Crippen LogP contribution in [-0.4, -0.2) is 31.3 Å². The topological polar surface area (TPSA) is 71.4 Å². The van der Waals surface area contributed by atoms with Gasteiger partial charge in [-0.3, -0.25) is 0 Å². The summed E-state index contributed by atoms with van der Waals surface area (Å²) < 4.78 is 2.50. The molecule has 2 N–H and O–H groups in total. The molecule has 0 aliphatic carbocycles. The van der Waals surface area contributed by atoms with Gasteiger partial charge >= 0.3 is 0 Å². The van der Waals surface area contributed by atoms with Crippen molar-refractivity contribution in [1.29, 1.82) is 0 Å². The first-order valence-corrected chi connectivity index (χ1v) is 8.15. The number of halogens is 1. The molecule has 0 spiro atoms. The summed E-state index contributed by atoms with van der Waals surface area (Å²) in [5, 5.41) is 9.91. The summed E-state index contributed by atoms with van der Waals surface area (Å²) in [5.74, 6) is 0.801. The van der Waals surface area contributed by atoms with Crippen molar-refractivity contribution in [3.63, 3.8) is 0 Å². The number of para-hydroxylation sites is 1. The van der Waals surface area contributed by atoms with Gasteiger partial charge in [0.1, 0.15) is 16.7 Å². The van der Waals surface area contributed by atoms with E-state index in [0.717, 1.165) is 34.4 Å². The minimum atomic E-state index is 0.755. The lowest BCUT2D eigenvalue weighted by molar-refractivity contribution is 0.777. The average Bonchev–Trinajstić information content (AvgIpc) is 3.10. The minimum absolute atomic E-state index is 0.755. The molecule has 0 fully saturated rings. The average molecular weight is 371 g/mol. The number of aromatic nitrogens is 5. The molecular weight excluding hydrogens is 356 g/mol. The zero-order valence-corrected chi connectivity index (χ0v) is 14.1. The normalized spacial score (nSPS) is 11.4. The molecule has 0 amide bonds. The van der Waals surface area contributed by atoms with Crippen molar-refractivity contribution in [2.45, 2.75) is 6.42 Å². The van der Waals surface area contributed by atoms with Crippen LogP contribution in [0.25, 0.3) is 21.9 Å². The summed E-state index contributed by atoms with van der Waals surface area (Å²) in [7, 11) is 1.87. The number of nitrogens with one attached hydrogen (secondary N) is 2. The molecule has 4 aromatic rings. The number of hydrogen-bond donors (Lipinski definition) is 2. The van der Waals surface area contributed by atoms with E-state index in [0.29, 0.717) is 0 Å². The van der Waals surface area contributed by atoms with Crippen molar-refractivity contribution >= 4 is 43.7 Å². The number of nitrogens with zero attached hydrogens (tertiary/aromatic N) is 4. The van der Waals surface area contributed by atoms with Gasteiger partial charge < -0.3 is 10.3 Å². The lowest BCUT2D eigenvalue weighted by atomic mass is 10.1. The lowest BCUT2D eigenvalue weighted by Gasteiger charge is -2.06. The molecule has 0 saturated carbocycles. The molecule has 0 bridgehead atoms. The zero-order valence-electron chi connectivity index (χ0n) is 12.5. The highest BCUT2D eigenvalue weighted by molar-refractivity contribution is 9.10. The van der Waals surface area contributed by atoms with E-state index in [9.17, 15) is 0 Å². The molecule has 0 aliphatic rings. The third-order valence-corrected chi connectivity index (χ3v) is 4.49. The Morgan fingerprint density at radius 1 is 1.26 bits per heavy atom. The highest BCUT2D eigenvalue weighted by atomic mass is 79.9. The van der Waals surface area contributed by atoms with Gasteiger partial charge in [0, 0.05) is 30.7 Å². The van der Waals surface area contributed by atoms with Gasteiger partial charge in [0.15, 0.2) is 5.65 Å². The highest BCUT2D eigenvalue weighted by Gasteiger charge is 2.13. The molecule has 0 saturated heterocycles. The van der Waals surface area contributed by atoms with Crippen molar-refractivity contribution in [3.05, 3.63) is 47.0 Å². The Labute approximate surface area is 141 Å². The molecule has 1 aromatic carbocycles. The Hall–Kier alpha value is -2.41. The first kappa shape index (κ1) is 14.2. The molecular formula is C16H15BrN6. The largest absolute Gasteiger partial charge is 0.369 e. The van der Waals surface area contributed by atoms with Crippen molar-refractivity contribution in [3.8, 4) is 0 Å². The predicted molar refractivity (Wildman–Crippen MR) is 94.5 cm³/mol. The first-order chi connectivity index (χ1) is 11.2. The summed E-state index contributed by atoms with van der Waals surface area (Å²) in [6, 6.07) is 8.33. The van der Waals surface area contributed by atoms with Crippen molar-refractivity contribution in [2.75, 3.05) is 11.9 Å². The molecule has 6 nitrogen and oxygen atoms in total. The maximum Gasteiger partial charge on any atom is 0.164 e. The van der Waals surface area contributed by atoms with E-state index in [1.807, 2.05) is 13.1 Å². The van der Waals surface area contributed by atoms with E-state index in [1.165, 1.54) is 16.5 Å². The number of H-pyrrole nitrogens is 1. The van der Waals surface area contributed by atoms with Gasteiger partial charge in [0.05, 0.1) is 5.39 Å². The lowest BCUT2D eigenvalue weighted by Crippen LogP contribution is -2.07. The third kappa shape index (κ3) is 2.46. The second-order valence-electron chi connectivity index (χ2n) is 5.37. The van der Waals surface area contributed by atoms with E-state index < -0.39 is 0 Å². The summed E-state index contributed by atoms with van der Waals surface area (Å²) in [6.45, 7) is 0.787. The van der Waals surface area contributed by atoms with E-state index >= 15 is 0 Å². The molecule has 4 rings (SSSR count). The number of hydrogen-bond acceptors (Lipinski definition) is 4. The Morgan fingerprint density at radius 2 is 2.13 bits per heavy atom. The minimum Gasteiger partial charge on any atom is -0.369 e. The fourth-order valence-electron chi connectivity index (χ4n) is 2.83. The Balaban J connectivity index is 1.56. The van der Waals surface area contributed by atoms with Crippen LogP contribution in [0.2, 0.25) is 0 Å². The van der Waals surface area contributed by atoms with Crippen molar-refractivity contribution in [1.82, 2.24) is 24.7 Å². The fraction of sp³-hybridized carbons (Fsp3) is 0.188. The van der Waals surface area contributed by atoms with Crippen molar-refractivity contribution < 1.29 is 0 Å². The van der Waals surface area contributed by atoms with Crippen LogP contribution in [0.15, 0.2) is 41.4 Å². The van der Waals surface area contributed by atoms with Gasteiger partial charge in [-0.15, -0.1) is 0 Å². The summed E-state index contributed by atoms with van der Waals surface area (Å²) in [5.41, 5.74) is 3.27. The highest BCUT2D eigenvalue weighted by Crippen LogP contribution is 2.26. The number of fused-ring (bicyclic) bond motifs is 2. The molecule has 23 heavy (non-hydrogen) atoms. The summed E-state index contributed by atoms with van der Waals surface area (Å²) in [6.07, 6.45) is 4.54. The van der Waals surface area contributed by atoms with Gasteiger partial charge in [-0.1, -0.05) is 18.2 Å². The standard InChI is InChI=1S/C16H15BrN6/c1-23-16-13(14(17)22-23)15(20-9-21-16)18-7-6-10-8-19-12-5-3-2-4-11(10)12/h2-5,8-9,19H,6-7H2,1H3,(H,18,20,21). The Morgan fingerprint density at radius 3 is 3.04 bits per heavy atom. The second-order valence-corrected chi connectivity index (χ2v) is 6.12.